The number of H-pyrrole nitrogens is 1. The van der Waals surface area contributed by atoms with Gasteiger partial charge in [-0.2, -0.15) is 0 Å². The molecule has 49 heavy (non-hydrogen) atoms. The van der Waals surface area contributed by atoms with Crippen molar-refractivity contribution in [2.45, 2.75) is 39.6 Å². The fourth-order valence-corrected chi connectivity index (χ4v) is 5.98. The number of carbonyl (C=O) groups is 3. The van der Waals surface area contributed by atoms with Crippen LogP contribution >= 0.6 is 0 Å². The molecule has 0 fully saturated rings. The Balaban J connectivity index is 1.32. The Kier molecular flexibility index (Phi) is 8.04. The number of aromatic amines is 1. The second-order valence-electron chi connectivity index (χ2n) is 12.9. The number of imide groups is 1. The lowest BCUT2D eigenvalue weighted by Gasteiger charge is -2.19. The average molecular weight is 654 g/mol. The van der Waals surface area contributed by atoms with Gasteiger partial charge >= 0.3 is 6.09 Å². The summed E-state index contributed by atoms with van der Waals surface area (Å²) in [4.78, 5) is 45.6. The highest BCUT2D eigenvalue weighted by atomic mass is 16.6. The molecule has 0 bridgehead atoms. The molecule has 9 heteroatoms. The molecule has 1 N–H and O–H groups in total. The molecular formula is C40H35N3O6. The van der Waals surface area contributed by atoms with Crippen LogP contribution in [0.3, 0.4) is 0 Å². The van der Waals surface area contributed by atoms with Gasteiger partial charge in [0.2, 0.25) is 0 Å². The summed E-state index contributed by atoms with van der Waals surface area (Å²) < 4.78 is 19.2. The van der Waals surface area contributed by atoms with Crippen LogP contribution < -0.4 is 9.47 Å². The Labute approximate surface area is 283 Å². The Bertz CT molecular complexity index is 2260. The van der Waals surface area contributed by atoms with Crippen LogP contribution in [0.5, 0.6) is 11.5 Å². The van der Waals surface area contributed by atoms with Gasteiger partial charge in [-0.25, -0.2) is 4.79 Å². The highest BCUT2D eigenvalue weighted by Gasteiger charge is 2.40. The minimum atomic E-state index is -0.771. The lowest BCUT2D eigenvalue weighted by Crippen LogP contribution is -2.27. The van der Waals surface area contributed by atoms with Gasteiger partial charge in [0.05, 0.1) is 16.7 Å². The van der Waals surface area contributed by atoms with Crippen LogP contribution in [0.4, 0.5) is 4.79 Å². The third-order valence-corrected chi connectivity index (χ3v) is 8.34. The van der Waals surface area contributed by atoms with Gasteiger partial charge in [0, 0.05) is 59.0 Å². The molecule has 1 aliphatic heterocycles. The molecule has 2 aromatic heterocycles. The minimum Gasteiger partial charge on any atom is -0.489 e. The summed E-state index contributed by atoms with van der Waals surface area (Å²) in [6.07, 6.45) is 2.68. The lowest BCUT2D eigenvalue weighted by molar-refractivity contribution is -0.134. The van der Waals surface area contributed by atoms with E-state index in [0.717, 1.165) is 26.9 Å². The smallest absolute Gasteiger partial charge is 0.419 e. The van der Waals surface area contributed by atoms with Crippen molar-refractivity contribution in [3.05, 3.63) is 132 Å². The summed E-state index contributed by atoms with van der Waals surface area (Å²) in [5, 5.41) is 1.35. The van der Waals surface area contributed by atoms with E-state index in [1.165, 1.54) is 11.6 Å². The zero-order chi connectivity index (χ0) is 34.3. The summed E-state index contributed by atoms with van der Waals surface area (Å²) in [7, 11) is 1.46. The van der Waals surface area contributed by atoms with Crippen LogP contribution in [0.25, 0.3) is 33.0 Å². The molecule has 0 atom stereocenters. The maximum absolute atomic E-state index is 13.9. The van der Waals surface area contributed by atoms with E-state index in [1.54, 1.807) is 51.4 Å². The fraction of sp³-hybridized carbons (Fsp3) is 0.175. The highest BCUT2D eigenvalue weighted by Crippen LogP contribution is 2.42. The van der Waals surface area contributed by atoms with Crippen molar-refractivity contribution >= 4 is 50.9 Å². The van der Waals surface area contributed by atoms with Gasteiger partial charge in [-0.1, -0.05) is 60.7 Å². The van der Waals surface area contributed by atoms with Crippen LogP contribution in [0.15, 0.2) is 109 Å². The molecule has 0 spiro atoms. The number of amides is 2. The van der Waals surface area contributed by atoms with E-state index in [4.69, 9.17) is 14.2 Å². The summed E-state index contributed by atoms with van der Waals surface area (Å²) in [5.41, 5.74) is 3.94. The number of likely N-dealkylation sites (N-methyl/N-ethyl adjacent to an activating group) is 1. The molecule has 6 aromatic rings. The second-order valence-corrected chi connectivity index (χ2v) is 12.9. The molecule has 0 aliphatic carbocycles. The van der Waals surface area contributed by atoms with Gasteiger partial charge in [-0.15, -0.1) is 0 Å². The first-order valence-electron chi connectivity index (χ1n) is 16.0. The number of hydrogen-bond acceptors (Lipinski definition) is 6. The van der Waals surface area contributed by atoms with E-state index in [0.29, 0.717) is 46.7 Å². The van der Waals surface area contributed by atoms with Crippen molar-refractivity contribution in [3.8, 4) is 11.5 Å². The minimum absolute atomic E-state index is 0.197. The standard InChI is InChI=1S/C40H35N3O6/c1-40(2,3)49-39(46)43-22-32(30-18-16-28(20-34(30)43)48-24-26-13-9-6-10-14-26)36-35(37(44)42(4)38(36)45)31-21-41-33-19-27(15-17-29(31)33)47-23-25-11-7-5-8-12-25/h5-22,41H,23-24H2,1-4H3. The van der Waals surface area contributed by atoms with E-state index < -0.39 is 23.5 Å². The summed E-state index contributed by atoms with van der Waals surface area (Å²) in [6.45, 7) is 6.11. The quantitative estimate of drug-likeness (QED) is 0.167. The number of carbonyl (C=O) groups excluding carboxylic acids is 3. The van der Waals surface area contributed by atoms with Gasteiger partial charge in [-0.3, -0.25) is 19.1 Å². The number of nitrogens with one attached hydrogen (secondary N) is 1. The van der Waals surface area contributed by atoms with Crippen molar-refractivity contribution in [1.82, 2.24) is 14.5 Å². The Morgan fingerprint density at radius 2 is 1.27 bits per heavy atom. The normalized spacial score (nSPS) is 13.5. The van der Waals surface area contributed by atoms with E-state index in [-0.39, 0.29) is 11.1 Å². The molecule has 0 saturated carbocycles. The molecule has 7 rings (SSSR count). The van der Waals surface area contributed by atoms with Crippen molar-refractivity contribution in [2.75, 3.05) is 7.05 Å². The maximum Gasteiger partial charge on any atom is 0.419 e. The Morgan fingerprint density at radius 3 is 1.86 bits per heavy atom. The number of aromatic nitrogens is 2. The number of benzene rings is 4. The molecule has 4 aromatic carbocycles. The molecule has 3 heterocycles. The molecule has 2 amide bonds. The average Bonchev–Trinajstić information content (AvgIpc) is 3.74. The van der Waals surface area contributed by atoms with Crippen LogP contribution in [0.2, 0.25) is 0 Å². The van der Waals surface area contributed by atoms with Crippen molar-refractivity contribution in [3.63, 3.8) is 0 Å². The van der Waals surface area contributed by atoms with Gasteiger partial charge in [0.1, 0.15) is 30.3 Å². The zero-order valence-corrected chi connectivity index (χ0v) is 27.7. The predicted octanol–water partition coefficient (Wildman–Crippen LogP) is 7.97. The first-order chi connectivity index (χ1) is 23.6. The van der Waals surface area contributed by atoms with E-state index in [2.05, 4.69) is 4.98 Å². The third kappa shape index (κ3) is 6.18. The molecule has 246 valence electrons. The number of ether oxygens (including phenoxy) is 3. The number of fused-ring (bicyclic) bond motifs is 2. The van der Waals surface area contributed by atoms with Gasteiger partial charge in [0.25, 0.3) is 11.8 Å². The van der Waals surface area contributed by atoms with E-state index in [1.807, 2.05) is 78.9 Å². The summed E-state index contributed by atoms with van der Waals surface area (Å²) in [5.74, 6) is 0.291. The number of nitrogens with zero attached hydrogens (tertiary/aromatic N) is 2. The largest absolute Gasteiger partial charge is 0.489 e. The SMILES string of the molecule is CN1C(=O)C(c2c[nH]c3cc(OCc4ccccc4)ccc23)=C(c2cn(C(=O)OC(C)(C)C)c3cc(OCc4ccccc4)ccc23)C1=O. The molecule has 0 saturated heterocycles. The molecule has 9 nitrogen and oxygen atoms in total. The van der Waals surface area contributed by atoms with Crippen LogP contribution in [-0.4, -0.2) is 45.0 Å². The highest BCUT2D eigenvalue weighted by molar-refractivity contribution is 6.50. The number of hydrogen-bond donors (Lipinski definition) is 1. The second kappa shape index (κ2) is 12.5. The third-order valence-electron chi connectivity index (χ3n) is 8.34. The molecule has 0 unspecified atom stereocenters. The maximum atomic E-state index is 13.9. The first-order valence-corrected chi connectivity index (χ1v) is 16.0. The van der Waals surface area contributed by atoms with Gasteiger partial charge < -0.3 is 19.2 Å². The molecular weight excluding hydrogens is 618 g/mol. The van der Waals surface area contributed by atoms with Crippen LogP contribution in [0.1, 0.15) is 43.0 Å². The first kappa shape index (κ1) is 31.5. The van der Waals surface area contributed by atoms with E-state index in [9.17, 15) is 14.4 Å². The molecule has 0 radical (unpaired) electrons. The lowest BCUT2D eigenvalue weighted by atomic mass is 9.95. The van der Waals surface area contributed by atoms with Crippen molar-refractivity contribution in [1.29, 1.82) is 0 Å². The fourth-order valence-electron chi connectivity index (χ4n) is 5.98. The van der Waals surface area contributed by atoms with Crippen molar-refractivity contribution < 1.29 is 28.6 Å². The van der Waals surface area contributed by atoms with Crippen LogP contribution in [0, 0.1) is 0 Å². The molecule has 1 aliphatic rings. The van der Waals surface area contributed by atoms with Gasteiger partial charge in [-0.05, 0) is 56.2 Å². The topological polar surface area (TPSA) is 103 Å². The van der Waals surface area contributed by atoms with Crippen LogP contribution in [-0.2, 0) is 27.5 Å². The summed E-state index contributed by atoms with van der Waals surface area (Å²) in [6, 6.07) is 30.6. The zero-order valence-electron chi connectivity index (χ0n) is 27.7. The summed E-state index contributed by atoms with van der Waals surface area (Å²) >= 11 is 0. The Morgan fingerprint density at radius 1 is 0.714 bits per heavy atom. The van der Waals surface area contributed by atoms with E-state index >= 15 is 0 Å². The predicted molar refractivity (Wildman–Crippen MR) is 188 cm³/mol. The number of rotatable bonds is 8. The van der Waals surface area contributed by atoms with Crippen molar-refractivity contribution in [2.24, 2.45) is 0 Å². The van der Waals surface area contributed by atoms with Gasteiger partial charge in [0.15, 0.2) is 0 Å². The Hall–Kier alpha value is -6.09. The monoisotopic (exact) mass is 653 g/mol.